The van der Waals surface area contributed by atoms with Gasteiger partial charge in [-0.05, 0) is 38.8 Å². The summed E-state index contributed by atoms with van der Waals surface area (Å²) < 4.78 is 0. The average Bonchev–Trinajstić information content (AvgIpc) is 2.58. The van der Waals surface area contributed by atoms with Gasteiger partial charge in [-0.3, -0.25) is 0 Å². The van der Waals surface area contributed by atoms with E-state index in [-0.39, 0.29) is 5.54 Å². The number of para-hydroxylation sites is 1. The van der Waals surface area contributed by atoms with Crippen LogP contribution in [0.5, 0.6) is 0 Å². The number of anilines is 1. The molecule has 0 unspecified atom stereocenters. The van der Waals surface area contributed by atoms with E-state index < -0.39 is 5.97 Å². The van der Waals surface area contributed by atoms with E-state index in [4.69, 9.17) is 5.11 Å². The first-order valence-electron chi connectivity index (χ1n) is 5.62. The Morgan fingerprint density at radius 2 is 2.06 bits per heavy atom. The van der Waals surface area contributed by atoms with Crippen molar-refractivity contribution in [1.82, 2.24) is 0 Å². The number of carboxylic acids is 1. The maximum absolute atomic E-state index is 11.2. The average molecular weight is 219 g/mol. The molecule has 0 radical (unpaired) electrons. The van der Waals surface area contributed by atoms with Crippen LogP contribution in [0, 0.1) is 0 Å². The number of aromatic carboxylic acids is 1. The van der Waals surface area contributed by atoms with Gasteiger partial charge in [0.05, 0.1) is 11.3 Å². The summed E-state index contributed by atoms with van der Waals surface area (Å²) in [6.07, 6.45) is 2.24. The van der Waals surface area contributed by atoms with Crippen LogP contribution < -0.4 is 4.90 Å². The van der Waals surface area contributed by atoms with Gasteiger partial charge in [0.1, 0.15) is 0 Å². The van der Waals surface area contributed by atoms with Crippen LogP contribution in [0.3, 0.4) is 0 Å². The predicted octanol–water partition coefficient (Wildman–Crippen LogP) is 2.76. The van der Waals surface area contributed by atoms with E-state index in [1.807, 2.05) is 12.1 Å². The molecule has 1 saturated heterocycles. The first kappa shape index (κ1) is 11.0. The summed E-state index contributed by atoms with van der Waals surface area (Å²) in [6.45, 7) is 5.27. The third kappa shape index (κ3) is 1.77. The quantitative estimate of drug-likeness (QED) is 0.831. The molecule has 1 N–H and O–H groups in total. The van der Waals surface area contributed by atoms with Crippen molar-refractivity contribution >= 4 is 11.7 Å². The molecule has 3 heteroatoms. The molecule has 2 rings (SSSR count). The Labute approximate surface area is 95.7 Å². The van der Waals surface area contributed by atoms with Crippen LogP contribution in [0.4, 0.5) is 5.69 Å². The second kappa shape index (κ2) is 3.81. The van der Waals surface area contributed by atoms with Gasteiger partial charge in [0.25, 0.3) is 0 Å². The molecule has 0 saturated carbocycles. The SMILES string of the molecule is CC1(C)CCCN1c1ccccc1C(=O)O. The molecule has 1 aromatic rings. The molecular weight excluding hydrogens is 202 g/mol. The molecule has 0 aliphatic carbocycles. The van der Waals surface area contributed by atoms with Crippen LogP contribution in [-0.2, 0) is 0 Å². The van der Waals surface area contributed by atoms with Gasteiger partial charge in [0.15, 0.2) is 0 Å². The Kier molecular flexibility index (Phi) is 2.62. The van der Waals surface area contributed by atoms with E-state index >= 15 is 0 Å². The molecular formula is C13H17NO2. The van der Waals surface area contributed by atoms with Gasteiger partial charge in [-0.2, -0.15) is 0 Å². The molecule has 86 valence electrons. The molecule has 0 spiro atoms. The second-order valence-electron chi connectivity index (χ2n) is 4.89. The fraction of sp³-hybridized carbons (Fsp3) is 0.462. The molecule has 1 aliphatic heterocycles. The van der Waals surface area contributed by atoms with Crippen molar-refractivity contribution in [2.45, 2.75) is 32.2 Å². The van der Waals surface area contributed by atoms with Crippen molar-refractivity contribution in [3.8, 4) is 0 Å². The Bertz CT molecular complexity index is 412. The first-order chi connectivity index (χ1) is 7.52. The number of hydrogen-bond acceptors (Lipinski definition) is 2. The van der Waals surface area contributed by atoms with Gasteiger partial charge in [-0.15, -0.1) is 0 Å². The largest absolute Gasteiger partial charge is 0.478 e. The van der Waals surface area contributed by atoms with Crippen molar-refractivity contribution < 1.29 is 9.90 Å². The lowest BCUT2D eigenvalue weighted by atomic mass is 10.0. The highest BCUT2D eigenvalue weighted by Crippen LogP contribution is 2.35. The number of benzene rings is 1. The van der Waals surface area contributed by atoms with E-state index in [9.17, 15) is 4.79 Å². The fourth-order valence-electron chi connectivity index (χ4n) is 2.44. The van der Waals surface area contributed by atoms with Crippen LogP contribution in [0.1, 0.15) is 37.0 Å². The van der Waals surface area contributed by atoms with Crippen molar-refractivity contribution in [1.29, 1.82) is 0 Å². The number of rotatable bonds is 2. The van der Waals surface area contributed by atoms with Gasteiger partial charge in [-0.25, -0.2) is 4.79 Å². The maximum Gasteiger partial charge on any atom is 0.337 e. The van der Waals surface area contributed by atoms with Gasteiger partial charge in [0, 0.05) is 12.1 Å². The van der Waals surface area contributed by atoms with Crippen LogP contribution in [0.25, 0.3) is 0 Å². The van der Waals surface area contributed by atoms with Gasteiger partial charge < -0.3 is 10.0 Å². The monoisotopic (exact) mass is 219 g/mol. The van der Waals surface area contributed by atoms with E-state index in [0.29, 0.717) is 5.56 Å². The Morgan fingerprint density at radius 3 is 2.62 bits per heavy atom. The minimum atomic E-state index is -0.849. The zero-order valence-electron chi connectivity index (χ0n) is 9.73. The number of nitrogens with zero attached hydrogens (tertiary/aromatic N) is 1. The Morgan fingerprint density at radius 1 is 1.38 bits per heavy atom. The number of hydrogen-bond donors (Lipinski definition) is 1. The van der Waals surface area contributed by atoms with Crippen molar-refractivity contribution in [2.24, 2.45) is 0 Å². The predicted molar refractivity (Wildman–Crippen MR) is 64.1 cm³/mol. The summed E-state index contributed by atoms with van der Waals surface area (Å²) in [6, 6.07) is 7.24. The summed E-state index contributed by atoms with van der Waals surface area (Å²) in [7, 11) is 0. The van der Waals surface area contributed by atoms with Gasteiger partial charge in [-0.1, -0.05) is 12.1 Å². The van der Waals surface area contributed by atoms with E-state index in [0.717, 1.165) is 25.1 Å². The fourth-order valence-corrected chi connectivity index (χ4v) is 2.44. The maximum atomic E-state index is 11.2. The first-order valence-corrected chi connectivity index (χ1v) is 5.62. The van der Waals surface area contributed by atoms with Crippen LogP contribution in [0.15, 0.2) is 24.3 Å². The lowest BCUT2D eigenvalue weighted by Crippen LogP contribution is -2.39. The lowest BCUT2D eigenvalue weighted by molar-refractivity contribution is 0.0697. The molecule has 16 heavy (non-hydrogen) atoms. The highest BCUT2D eigenvalue weighted by atomic mass is 16.4. The van der Waals surface area contributed by atoms with Crippen molar-refractivity contribution in [3.63, 3.8) is 0 Å². The summed E-state index contributed by atoms with van der Waals surface area (Å²) >= 11 is 0. The third-order valence-corrected chi connectivity index (χ3v) is 3.33. The minimum Gasteiger partial charge on any atom is -0.478 e. The molecule has 1 aromatic carbocycles. The zero-order valence-corrected chi connectivity index (χ0v) is 9.73. The molecule has 0 aromatic heterocycles. The molecule has 0 bridgehead atoms. The van der Waals surface area contributed by atoms with Crippen molar-refractivity contribution in [2.75, 3.05) is 11.4 Å². The zero-order chi connectivity index (χ0) is 11.8. The van der Waals surface area contributed by atoms with E-state index in [1.165, 1.54) is 0 Å². The normalized spacial score (nSPS) is 18.8. The standard InChI is InChI=1S/C13H17NO2/c1-13(2)8-5-9-14(13)11-7-4-3-6-10(11)12(15)16/h3-4,6-7H,5,8-9H2,1-2H3,(H,15,16). The number of carboxylic acid groups (broad SMARTS) is 1. The molecule has 0 atom stereocenters. The third-order valence-electron chi connectivity index (χ3n) is 3.33. The topological polar surface area (TPSA) is 40.5 Å². The summed E-state index contributed by atoms with van der Waals surface area (Å²) in [5.41, 5.74) is 1.31. The van der Waals surface area contributed by atoms with Gasteiger partial charge in [0.2, 0.25) is 0 Å². The lowest BCUT2D eigenvalue weighted by Gasteiger charge is -2.34. The van der Waals surface area contributed by atoms with E-state index in [1.54, 1.807) is 12.1 Å². The molecule has 1 heterocycles. The highest BCUT2D eigenvalue weighted by Gasteiger charge is 2.33. The smallest absolute Gasteiger partial charge is 0.337 e. The highest BCUT2D eigenvalue weighted by molar-refractivity contribution is 5.94. The molecule has 3 nitrogen and oxygen atoms in total. The van der Waals surface area contributed by atoms with Crippen LogP contribution in [-0.4, -0.2) is 23.2 Å². The number of carbonyl (C=O) groups is 1. The summed E-state index contributed by atoms with van der Waals surface area (Å²) in [5, 5.41) is 9.17. The van der Waals surface area contributed by atoms with Gasteiger partial charge >= 0.3 is 5.97 Å². The molecule has 1 aliphatic rings. The van der Waals surface area contributed by atoms with Crippen molar-refractivity contribution in [3.05, 3.63) is 29.8 Å². The molecule has 1 fully saturated rings. The van der Waals surface area contributed by atoms with E-state index in [2.05, 4.69) is 18.7 Å². The van der Waals surface area contributed by atoms with Crippen LogP contribution >= 0.6 is 0 Å². The second-order valence-corrected chi connectivity index (χ2v) is 4.89. The summed E-state index contributed by atoms with van der Waals surface area (Å²) in [4.78, 5) is 13.4. The molecule has 0 amide bonds. The minimum absolute atomic E-state index is 0.0611. The summed E-state index contributed by atoms with van der Waals surface area (Å²) in [5.74, 6) is -0.849. The Balaban J connectivity index is 2.44. The van der Waals surface area contributed by atoms with Crippen LogP contribution in [0.2, 0.25) is 0 Å². The Hall–Kier alpha value is -1.51.